The fourth-order valence-corrected chi connectivity index (χ4v) is 3.47. The molecule has 0 saturated carbocycles. The van der Waals surface area contributed by atoms with E-state index in [1.54, 1.807) is 13.8 Å². The van der Waals surface area contributed by atoms with Crippen LogP contribution in [0.15, 0.2) is 30.3 Å². The predicted octanol–water partition coefficient (Wildman–Crippen LogP) is 1.55. The average molecular weight is 314 g/mol. The first-order chi connectivity index (χ1) is 9.75. The minimum atomic E-state index is -3.69. The molecule has 0 unspecified atom stereocenters. The Morgan fingerprint density at radius 1 is 1.24 bits per heavy atom. The van der Waals surface area contributed by atoms with Crippen molar-refractivity contribution >= 4 is 16.2 Å². The van der Waals surface area contributed by atoms with E-state index in [0.29, 0.717) is 0 Å². The largest absolute Gasteiger partial charge is 0.481 e. The van der Waals surface area contributed by atoms with Crippen molar-refractivity contribution in [3.63, 3.8) is 0 Å². The number of benzene rings is 1. The SMILES string of the molecule is CC(C)N(CCC(=O)O)S(=O)(=O)N(C)Cc1ccccc1. The molecule has 0 spiro atoms. The number of hydrogen-bond acceptors (Lipinski definition) is 3. The molecule has 0 atom stereocenters. The van der Waals surface area contributed by atoms with E-state index in [0.717, 1.165) is 5.56 Å². The molecule has 6 nitrogen and oxygen atoms in total. The number of nitrogens with zero attached hydrogens (tertiary/aromatic N) is 2. The number of carbonyl (C=O) groups is 1. The molecule has 118 valence electrons. The van der Waals surface area contributed by atoms with E-state index in [2.05, 4.69) is 0 Å². The molecule has 0 fully saturated rings. The summed E-state index contributed by atoms with van der Waals surface area (Å²) in [6.45, 7) is 3.68. The van der Waals surface area contributed by atoms with Gasteiger partial charge in [0.25, 0.3) is 10.2 Å². The highest BCUT2D eigenvalue weighted by molar-refractivity contribution is 7.86. The molecular formula is C14H22N2O4S. The number of hydrogen-bond donors (Lipinski definition) is 1. The molecule has 0 heterocycles. The highest BCUT2D eigenvalue weighted by Gasteiger charge is 2.29. The molecule has 0 saturated heterocycles. The van der Waals surface area contributed by atoms with E-state index in [1.807, 2.05) is 30.3 Å². The van der Waals surface area contributed by atoms with Gasteiger partial charge in [-0.25, -0.2) is 0 Å². The van der Waals surface area contributed by atoms with E-state index in [-0.39, 0.29) is 25.6 Å². The number of rotatable bonds is 8. The van der Waals surface area contributed by atoms with Gasteiger partial charge < -0.3 is 5.11 Å². The van der Waals surface area contributed by atoms with E-state index >= 15 is 0 Å². The zero-order chi connectivity index (χ0) is 16.0. The molecule has 0 bridgehead atoms. The Labute approximate surface area is 126 Å². The predicted molar refractivity (Wildman–Crippen MR) is 80.9 cm³/mol. The van der Waals surface area contributed by atoms with Gasteiger partial charge in [0.15, 0.2) is 0 Å². The quantitative estimate of drug-likeness (QED) is 0.789. The van der Waals surface area contributed by atoms with Crippen molar-refractivity contribution in [2.75, 3.05) is 13.6 Å². The Kier molecular flexibility index (Phi) is 6.32. The Hall–Kier alpha value is -1.44. The van der Waals surface area contributed by atoms with Crippen LogP contribution in [0.5, 0.6) is 0 Å². The van der Waals surface area contributed by atoms with Crippen molar-refractivity contribution in [3.05, 3.63) is 35.9 Å². The minimum absolute atomic E-state index is 0.0333. The zero-order valence-electron chi connectivity index (χ0n) is 12.6. The first-order valence-electron chi connectivity index (χ1n) is 6.74. The summed E-state index contributed by atoms with van der Waals surface area (Å²) in [5.74, 6) is -1.01. The lowest BCUT2D eigenvalue weighted by molar-refractivity contribution is -0.137. The lowest BCUT2D eigenvalue weighted by Crippen LogP contribution is -2.45. The van der Waals surface area contributed by atoms with Crippen LogP contribution in [-0.4, -0.2) is 47.7 Å². The molecule has 1 aromatic rings. The van der Waals surface area contributed by atoms with E-state index < -0.39 is 16.2 Å². The minimum Gasteiger partial charge on any atom is -0.481 e. The van der Waals surface area contributed by atoms with Crippen molar-refractivity contribution in [2.24, 2.45) is 0 Å². The van der Waals surface area contributed by atoms with Gasteiger partial charge in [-0.2, -0.15) is 17.0 Å². The Bertz CT molecular complexity index is 558. The average Bonchev–Trinajstić information content (AvgIpc) is 2.38. The summed E-state index contributed by atoms with van der Waals surface area (Å²) in [6.07, 6.45) is -0.212. The number of carboxylic acids is 1. The van der Waals surface area contributed by atoms with Gasteiger partial charge in [-0.05, 0) is 19.4 Å². The standard InChI is InChI=1S/C14H22N2O4S/c1-12(2)16(10-9-14(17)18)21(19,20)15(3)11-13-7-5-4-6-8-13/h4-8,12H,9-11H2,1-3H3,(H,17,18). The maximum absolute atomic E-state index is 12.5. The Morgan fingerprint density at radius 2 is 1.81 bits per heavy atom. The molecule has 1 rings (SSSR count). The van der Waals surface area contributed by atoms with Crippen LogP contribution < -0.4 is 0 Å². The number of aliphatic carboxylic acids is 1. The van der Waals surface area contributed by atoms with Gasteiger partial charge in [0.1, 0.15) is 0 Å². The fraction of sp³-hybridized carbons (Fsp3) is 0.500. The van der Waals surface area contributed by atoms with Crippen LogP contribution in [0, 0.1) is 0 Å². The molecule has 1 aromatic carbocycles. The second kappa shape index (κ2) is 7.53. The van der Waals surface area contributed by atoms with Gasteiger partial charge in [0.05, 0.1) is 6.42 Å². The number of carboxylic acid groups (broad SMARTS) is 1. The summed E-state index contributed by atoms with van der Waals surface area (Å²) in [4.78, 5) is 10.7. The third-order valence-corrected chi connectivity index (χ3v) is 5.17. The first-order valence-corrected chi connectivity index (χ1v) is 8.13. The maximum Gasteiger partial charge on any atom is 0.304 e. The smallest absolute Gasteiger partial charge is 0.304 e. The van der Waals surface area contributed by atoms with Crippen LogP contribution in [0.25, 0.3) is 0 Å². The van der Waals surface area contributed by atoms with E-state index in [1.165, 1.54) is 15.7 Å². The lowest BCUT2D eigenvalue weighted by Gasteiger charge is -2.30. The maximum atomic E-state index is 12.5. The van der Waals surface area contributed by atoms with Crippen molar-refractivity contribution in [1.29, 1.82) is 0 Å². The summed E-state index contributed by atoms with van der Waals surface area (Å²) in [5, 5.41) is 8.75. The zero-order valence-corrected chi connectivity index (χ0v) is 13.4. The second-order valence-electron chi connectivity index (χ2n) is 5.10. The summed E-state index contributed by atoms with van der Waals surface area (Å²) in [7, 11) is -2.19. The van der Waals surface area contributed by atoms with Gasteiger partial charge in [-0.1, -0.05) is 30.3 Å². The van der Waals surface area contributed by atoms with E-state index in [4.69, 9.17) is 5.11 Å². The topological polar surface area (TPSA) is 77.9 Å². The van der Waals surface area contributed by atoms with Gasteiger partial charge in [0.2, 0.25) is 0 Å². The molecule has 0 aromatic heterocycles. The van der Waals surface area contributed by atoms with Crippen molar-refractivity contribution in [1.82, 2.24) is 8.61 Å². The molecule has 0 radical (unpaired) electrons. The third kappa shape index (κ3) is 5.11. The van der Waals surface area contributed by atoms with Crippen LogP contribution in [0.4, 0.5) is 0 Å². The van der Waals surface area contributed by atoms with Gasteiger partial charge >= 0.3 is 5.97 Å². The fourth-order valence-electron chi connectivity index (χ4n) is 1.95. The lowest BCUT2D eigenvalue weighted by atomic mass is 10.2. The molecule has 0 aliphatic rings. The monoisotopic (exact) mass is 314 g/mol. The van der Waals surface area contributed by atoms with Crippen molar-refractivity contribution in [2.45, 2.75) is 32.9 Å². The molecule has 7 heteroatoms. The molecule has 0 aliphatic heterocycles. The Balaban J connectivity index is 2.86. The highest BCUT2D eigenvalue weighted by atomic mass is 32.2. The molecule has 0 aliphatic carbocycles. The molecule has 21 heavy (non-hydrogen) atoms. The highest BCUT2D eigenvalue weighted by Crippen LogP contribution is 2.14. The summed E-state index contributed by atoms with van der Waals surface area (Å²) >= 11 is 0. The van der Waals surface area contributed by atoms with Crippen LogP contribution in [0.2, 0.25) is 0 Å². The second-order valence-corrected chi connectivity index (χ2v) is 7.09. The summed E-state index contributed by atoms with van der Waals surface area (Å²) in [6, 6.07) is 8.96. The van der Waals surface area contributed by atoms with Crippen molar-refractivity contribution in [3.8, 4) is 0 Å². The molecular weight excluding hydrogens is 292 g/mol. The van der Waals surface area contributed by atoms with Crippen LogP contribution in [-0.2, 0) is 21.5 Å². The normalized spacial score (nSPS) is 12.3. The van der Waals surface area contributed by atoms with Gasteiger partial charge in [-0.3, -0.25) is 4.79 Å². The van der Waals surface area contributed by atoms with E-state index in [9.17, 15) is 13.2 Å². The van der Waals surface area contributed by atoms with Crippen LogP contribution >= 0.6 is 0 Å². The van der Waals surface area contributed by atoms with Crippen molar-refractivity contribution < 1.29 is 18.3 Å². The van der Waals surface area contributed by atoms with Crippen LogP contribution in [0.1, 0.15) is 25.8 Å². The Morgan fingerprint density at radius 3 is 2.29 bits per heavy atom. The molecule has 0 amide bonds. The summed E-state index contributed by atoms with van der Waals surface area (Å²) < 4.78 is 27.5. The third-order valence-electron chi connectivity index (χ3n) is 3.06. The van der Waals surface area contributed by atoms with Gasteiger partial charge in [-0.15, -0.1) is 0 Å². The first kappa shape index (κ1) is 17.6. The molecule has 1 N–H and O–H groups in total. The van der Waals surface area contributed by atoms with Crippen LogP contribution in [0.3, 0.4) is 0 Å². The van der Waals surface area contributed by atoms with Gasteiger partial charge in [0, 0.05) is 26.2 Å². The summed E-state index contributed by atoms with van der Waals surface area (Å²) in [5.41, 5.74) is 0.880.